The smallest absolute Gasteiger partial charge is 0.271 e. The van der Waals surface area contributed by atoms with Gasteiger partial charge in [0.1, 0.15) is 45.7 Å². The van der Waals surface area contributed by atoms with E-state index in [-0.39, 0.29) is 76.6 Å². The van der Waals surface area contributed by atoms with E-state index >= 15 is 0 Å². The molecule has 4 aromatic carbocycles. The Morgan fingerprint density at radius 3 is 1.13 bits per heavy atom. The first-order valence-corrected chi connectivity index (χ1v) is 12.6. The summed E-state index contributed by atoms with van der Waals surface area (Å²) in [5, 5.41) is 75.6. The minimum atomic E-state index is -0.595. The van der Waals surface area contributed by atoms with Gasteiger partial charge in [-0.2, -0.15) is 0 Å². The van der Waals surface area contributed by atoms with Gasteiger partial charge >= 0.3 is 0 Å². The predicted molar refractivity (Wildman–Crippen MR) is 163 cm³/mol. The van der Waals surface area contributed by atoms with Crippen molar-refractivity contribution in [3.63, 3.8) is 0 Å². The SMILES string of the molecule is CN(C)c1ccc(N=Nc2cc([N+](=O)[O-])ccc2O)c(O)c1.CN(C)c1ccc(N=Nc2cc([N+](=O)[O-])ccc2O)c(O)c1.[Zn]. The second kappa shape index (κ2) is 15.7. The molecule has 0 amide bonds. The summed E-state index contributed by atoms with van der Waals surface area (Å²) in [6.07, 6.45) is 0. The van der Waals surface area contributed by atoms with Crippen molar-refractivity contribution in [2.45, 2.75) is 0 Å². The largest absolute Gasteiger partial charge is 0.506 e. The van der Waals surface area contributed by atoms with Crippen molar-refractivity contribution in [2.75, 3.05) is 38.0 Å². The number of nitrogens with zero attached hydrogens (tertiary/aromatic N) is 8. The van der Waals surface area contributed by atoms with Crippen LogP contribution in [0.4, 0.5) is 45.5 Å². The molecule has 0 radical (unpaired) electrons. The maximum absolute atomic E-state index is 10.7. The van der Waals surface area contributed by atoms with Crippen LogP contribution in [0, 0.1) is 20.2 Å². The zero-order valence-electron chi connectivity index (χ0n) is 24.6. The molecule has 0 unspecified atom stereocenters. The number of rotatable bonds is 8. The number of non-ortho nitro benzene ring substituents is 2. The van der Waals surface area contributed by atoms with Gasteiger partial charge in [-0.15, -0.1) is 20.5 Å². The third kappa shape index (κ3) is 9.66. The zero-order chi connectivity index (χ0) is 32.6. The molecular weight excluding hydrogens is 642 g/mol. The van der Waals surface area contributed by atoms with E-state index in [0.29, 0.717) is 0 Å². The van der Waals surface area contributed by atoms with Crippen LogP contribution in [0.1, 0.15) is 0 Å². The molecule has 0 saturated heterocycles. The molecular formula is C28H28N8O8Zn. The van der Waals surface area contributed by atoms with Gasteiger partial charge in [-0.3, -0.25) is 20.2 Å². The molecule has 0 aliphatic rings. The van der Waals surface area contributed by atoms with Crippen molar-refractivity contribution in [1.82, 2.24) is 0 Å². The minimum absolute atomic E-state index is 0. The third-order valence-electron chi connectivity index (χ3n) is 5.82. The summed E-state index contributed by atoms with van der Waals surface area (Å²) in [6.45, 7) is 0. The number of hydrogen-bond donors (Lipinski definition) is 4. The number of hydrogen-bond acceptors (Lipinski definition) is 14. The molecule has 0 aliphatic heterocycles. The minimum Gasteiger partial charge on any atom is -0.506 e. The maximum Gasteiger partial charge on any atom is 0.271 e. The molecule has 0 aromatic heterocycles. The van der Waals surface area contributed by atoms with E-state index in [9.17, 15) is 40.7 Å². The molecule has 4 aromatic rings. The van der Waals surface area contributed by atoms with E-state index in [2.05, 4.69) is 20.5 Å². The summed E-state index contributed by atoms with van der Waals surface area (Å²) in [4.78, 5) is 23.8. The Morgan fingerprint density at radius 1 is 0.511 bits per heavy atom. The van der Waals surface area contributed by atoms with E-state index in [1.165, 1.54) is 24.3 Å². The van der Waals surface area contributed by atoms with Crippen molar-refractivity contribution in [3.05, 3.63) is 93.0 Å². The summed E-state index contributed by atoms with van der Waals surface area (Å²) in [7, 11) is 7.32. The standard InChI is InChI=1S/2C14H14N4O4.Zn/c2*1-17(2)9-3-5-11(14(20)8-9)15-16-12-7-10(18(21)22)4-6-13(12)19;/h2*3-8,19-20H,1-2H3;. The maximum atomic E-state index is 10.7. The molecule has 4 N–H and O–H groups in total. The number of nitro groups is 2. The van der Waals surface area contributed by atoms with Crippen LogP contribution in [-0.4, -0.2) is 58.5 Å². The van der Waals surface area contributed by atoms with Gasteiger partial charge in [-0.1, -0.05) is 0 Å². The fourth-order valence-corrected chi connectivity index (χ4v) is 3.38. The number of nitro benzene ring substituents is 2. The van der Waals surface area contributed by atoms with Gasteiger partial charge in [-0.05, 0) is 36.4 Å². The van der Waals surface area contributed by atoms with Crippen molar-refractivity contribution in [1.29, 1.82) is 0 Å². The van der Waals surface area contributed by atoms with Crippen LogP contribution in [0.2, 0.25) is 0 Å². The summed E-state index contributed by atoms with van der Waals surface area (Å²) in [5.41, 5.74) is 1.44. The summed E-state index contributed by atoms with van der Waals surface area (Å²) < 4.78 is 0. The Balaban J connectivity index is 0.000000307. The Labute approximate surface area is 269 Å². The number of benzene rings is 4. The molecule has 0 spiro atoms. The van der Waals surface area contributed by atoms with Gasteiger partial charge in [0.2, 0.25) is 0 Å². The molecule has 0 aliphatic carbocycles. The average molecular weight is 670 g/mol. The van der Waals surface area contributed by atoms with E-state index in [1.807, 2.05) is 38.0 Å². The van der Waals surface area contributed by atoms with Crippen molar-refractivity contribution < 1.29 is 49.8 Å². The molecule has 0 bridgehead atoms. The molecule has 4 rings (SSSR count). The van der Waals surface area contributed by atoms with Crippen LogP contribution < -0.4 is 9.80 Å². The molecule has 16 nitrogen and oxygen atoms in total. The summed E-state index contributed by atoms with van der Waals surface area (Å²) >= 11 is 0. The van der Waals surface area contributed by atoms with Gasteiger partial charge in [0.05, 0.1) is 9.85 Å². The fourth-order valence-electron chi connectivity index (χ4n) is 3.38. The van der Waals surface area contributed by atoms with Crippen molar-refractivity contribution >= 4 is 45.5 Å². The number of phenols is 4. The van der Waals surface area contributed by atoms with Crippen LogP contribution in [0.3, 0.4) is 0 Å². The van der Waals surface area contributed by atoms with Crippen LogP contribution in [0.15, 0.2) is 93.3 Å². The van der Waals surface area contributed by atoms with E-state index in [4.69, 9.17) is 0 Å². The summed E-state index contributed by atoms with van der Waals surface area (Å²) in [6, 6.07) is 16.5. The summed E-state index contributed by atoms with van der Waals surface area (Å²) in [5.74, 6) is -0.641. The van der Waals surface area contributed by atoms with E-state index < -0.39 is 9.85 Å². The molecule has 17 heteroatoms. The predicted octanol–water partition coefficient (Wildman–Crippen LogP) is 6.97. The molecule has 230 valence electrons. The zero-order valence-corrected chi connectivity index (χ0v) is 27.6. The third-order valence-corrected chi connectivity index (χ3v) is 5.82. The molecule has 0 fully saturated rings. The number of azo groups is 2. The van der Waals surface area contributed by atoms with Gasteiger partial charge < -0.3 is 30.2 Å². The Bertz CT molecular complexity index is 1620. The van der Waals surface area contributed by atoms with E-state index in [1.54, 1.807) is 24.3 Å². The topological polar surface area (TPSA) is 223 Å². The Kier molecular flexibility index (Phi) is 12.4. The van der Waals surface area contributed by atoms with E-state index in [0.717, 1.165) is 35.6 Å². The number of phenolic OH excluding ortho intramolecular Hbond substituents is 4. The van der Waals surface area contributed by atoms with Crippen LogP contribution in [0.5, 0.6) is 23.0 Å². The molecule has 0 saturated carbocycles. The Hall–Kier alpha value is -5.70. The van der Waals surface area contributed by atoms with Gasteiger partial charge in [-0.25, -0.2) is 0 Å². The van der Waals surface area contributed by atoms with Gasteiger partial charge in [0.25, 0.3) is 11.4 Å². The second-order valence-electron chi connectivity index (χ2n) is 9.40. The van der Waals surface area contributed by atoms with Crippen LogP contribution in [-0.2, 0) is 19.5 Å². The first-order chi connectivity index (χ1) is 20.8. The number of aromatic hydroxyl groups is 4. The monoisotopic (exact) mass is 668 g/mol. The first-order valence-electron chi connectivity index (χ1n) is 12.6. The van der Waals surface area contributed by atoms with Crippen molar-refractivity contribution in [2.24, 2.45) is 20.5 Å². The van der Waals surface area contributed by atoms with Crippen LogP contribution >= 0.6 is 0 Å². The first kappa shape index (κ1) is 35.5. The average Bonchev–Trinajstić information content (AvgIpc) is 2.97. The van der Waals surface area contributed by atoms with Crippen molar-refractivity contribution in [3.8, 4) is 23.0 Å². The quantitative estimate of drug-likeness (QED) is 0.0652. The van der Waals surface area contributed by atoms with Gasteiger partial charge in [0.15, 0.2) is 0 Å². The molecule has 0 heterocycles. The van der Waals surface area contributed by atoms with Crippen LogP contribution in [0.25, 0.3) is 0 Å². The number of anilines is 2. The molecule has 45 heavy (non-hydrogen) atoms. The molecule has 0 atom stereocenters. The normalized spacial score (nSPS) is 10.6. The van der Waals surface area contributed by atoms with Gasteiger partial charge in [0, 0.05) is 95.4 Å². The Morgan fingerprint density at radius 2 is 0.844 bits per heavy atom. The second-order valence-corrected chi connectivity index (χ2v) is 9.40. The fraction of sp³-hybridized carbons (Fsp3) is 0.143.